The fraction of sp³-hybridized carbons (Fsp3) is 0.269. The van der Waals surface area contributed by atoms with E-state index >= 15 is 0 Å². The van der Waals surface area contributed by atoms with Gasteiger partial charge in [0.1, 0.15) is 17.3 Å². The van der Waals surface area contributed by atoms with Gasteiger partial charge in [-0.2, -0.15) is 4.39 Å². The van der Waals surface area contributed by atoms with Crippen LogP contribution in [-0.4, -0.2) is 31.6 Å². The molecule has 0 heterocycles. The van der Waals surface area contributed by atoms with Crippen LogP contribution in [0.25, 0.3) is 0 Å². The summed E-state index contributed by atoms with van der Waals surface area (Å²) in [6, 6.07) is 12.0. The van der Waals surface area contributed by atoms with Gasteiger partial charge in [0.2, 0.25) is 5.82 Å². The van der Waals surface area contributed by atoms with Gasteiger partial charge >= 0.3 is 11.7 Å². The first-order valence-corrected chi connectivity index (χ1v) is 11.6. The summed E-state index contributed by atoms with van der Waals surface area (Å²) in [4.78, 5) is 24.1. The lowest BCUT2D eigenvalue weighted by Crippen LogP contribution is -2.14. The molecule has 0 atom stereocenters. The highest BCUT2D eigenvalue weighted by Crippen LogP contribution is 2.30. The van der Waals surface area contributed by atoms with Crippen molar-refractivity contribution >= 4 is 28.7 Å². The van der Waals surface area contributed by atoms with Crippen molar-refractivity contribution in [3.63, 3.8) is 0 Å². The van der Waals surface area contributed by atoms with Crippen LogP contribution in [0.3, 0.4) is 0 Å². The third-order valence-electron chi connectivity index (χ3n) is 5.34. The zero-order valence-electron chi connectivity index (χ0n) is 20.7. The summed E-state index contributed by atoms with van der Waals surface area (Å²) in [7, 11) is 3.85. The second kappa shape index (κ2) is 12.5. The molecule has 37 heavy (non-hydrogen) atoms. The Labute approximate surface area is 213 Å². The summed E-state index contributed by atoms with van der Waals surface area (Å²) in [5, 5.41) is 10.7. The van der Waals surface area contributed by atoms with Crippen LogP contribution in [0.15, 0.2) is 54.6 Å². The zero-order valence-corrected chi connectivity index (χ0v) is 20.7. The number of hydrogen-bond acceptors (Lipinski definition) is 8. The number of carbonyl (C=O) groups is 1. The van der Waals surface area contributed by atoms with Crippen molar-refractivity contribution in [2.24, 2.45) is 0 Å². The molecule has 0 fully saturated rings. The van der Waals surface area contributed by atoms with Crippen molar-refractivity contribution in [3.05, 3.63) is 81.9 Å². The molecule has 0 spiro atoms. The van der Waals surface area contributed by atoms with Crippen LogP contribution >= 0.6 is 0 Å². The van der Waals surface area contributed by atoms with Gasteiger partial charge in [0, 0.05) is 38.0 Å². The molecule has 0 radical (unpaired) electrons. The van der Waals surface area contributed by atoms with Crippen molar-refractivity contribution in [2.75, 3.05) is 36.5 Å². The largest absolute Gasteiger partial charge is 0.491 e. The van der Waals surface area contributed by atoms with Gasteiger partial charge in [-0.25, -0.2) is 9.18 Å². The molecule has 3 aromatic carbocycles. The van der Waals surface area contributed by atoms with Crippen LogP contribution in [0.5, 0.6) is 11.5 Å². The van der Waals surface area contributed by atoms with Crippen LogP contribution in [0.4, 0.5) is 31.5 Å². The quantitative estimate of drug-likeness (QED) is 0.0972. The molecule has 0 aliphatic rings. The SMILES string of the molecule is CCCCCOc1cc(N(C)C)ccc1NNc1ccc(C(=O)Oc2ccc([N+](=O)[O-])c(F)c2)c(F)c1. The molecule has 196 valence electrons. The van der Waals surface area contributed by atoms with Crippen LogP contribution in [-0.2, 0) is 0 Å². The van der Waals surface area contributed by atoms with E-state index in [2.05, 4.69) is 17.8 Å². The molecule has 11 heteroatoms. The fourth-order valence-corrected chi connectivity index (χ4v) is 3.31. The van der Waals surface area contributed by atoms with Gasteiger partial charge in [-0.15, -0.1) is 0 Å². The number of hydrogen-bond donors (Lipinski definition) is 2. The maximum absolute atomic E-state index is 14.7. The molecule has 0 unspecified atom stereocenters. The highest BCUT2D eigenvalue weighted by atomic mass is 19.1. The van der Waals surface area contributed by atoms with E-state index < -0.39 is 28.2 Å². The summed E-state index contributed by atoms with van der Waals surface area (Å²) in [5.74, 6) is -2.78. The second-order valence-electron chi connectivity index (χ2n) is 8.33. The summed E-state index contributed by atoms with van der Waals surface area (Å²) in [5.41, 5.74) is 6.65. The number of hydrazine groups is 1. The standard InChI is InChI=1S/C26H28F2N4O5/c1-4-5-6-13-36-25-15-18(31(2)3)8-11-23(25)30-29-17-7-10-20(21(27)14-17)26(33)37-19-9-12-24(32(34)35)22(28)16-19/h7-12,14-16,29-30H,4-6,13H2,1-3H3. The molecule has 2 N–H and O–H groups in total. The molecular formula is C26H28F2N4O5. The van der Waals surface area contributed by atoms with Gasteiger partial charge in [-0.3, -0.25) is 15.5 Å². The highest BCUT2D eigenvalue weighted by molar-refractivity contribution is 5.91. The summed E-state index contributed by atoms with van der Waals surface area (Å²) in [6.07, 6.45) is 3.06. The zero-order chi connectivity index (χ0) is 26.9. The van der Waals surface area contributed by atoms with Gasteiger partial charge in [0.25, 0.3) is 0 Å². The van der Waals surface area contributed by atoms with Crippen LogP contribution in [0.1, 0.15) is 36.5 Å². The Hall–Kier alpha value is -4.41. The molecule has 0 aliphatic heterocycles. The summed E-state index contributed by atoms with van der Waals surface area (Å²) >= 11 is 0. The number of ether oxygens (including phenoxy) is 2. The van der Waals surface area contributed by atoms with E-state index in [1.165, 1.54) is 12.1 Å². The number of benzene rings is 3. The normalized spacial score (nSPS) is 10.5. The first-order valence-electron chi connectivity index (χ1n) is 11.6. The Kier molecular flexibility index (Phi) is 9.20. The van der Waals surface area contributed by atoms with Gasteiger partial charge < -0.3 is 19.8 Å². The van der Waals surface area contributed by atoms with E-state index in [-0.39, 0.29) is 11.3 Å². The van der Waals surface area contributed by atoms with E-state index in [4.69, 9.17) is 9.47 Å². The average molecular weight is 515 g/mol. The Morgan fingerprint density at radius 2 is 1.78 bits per heavy atom. The van der Waals surface area contributed by atoms with Crippen molar-refractivity contribution < 1.29 is 28.0 Å². The smallest absolute Gasteiger partial charge is 0.346 e. The van der Waals surface area contributed by atoms with Crippen molar-refractivity contribution in [1.82, 2.24) is 0 Å². The molecule has 3 aromatic rings. The van der Waals surface area contributed by atoms with Gasteiger partial charge in [0.15, 0.2) is 0 Å². The number of carbonyl (C=O) groups excluding carboxylic acids is 1. The highest BCUT2D eigenvalue weighted by Gasteiger charge is 2.19. The maximum atomic E-state index is 14.7. The monoisotopic (exact) mass is 514 g/mol. The number of nitro groups is 1. The molecular weight excluding hydrogens is 486 g/mol. The van der Waals surface area contributed by atoms with E-state index in [0.29, 0.717) is 29.8 Å². The first-order chi connectivity index (χ1) is 17.7. The van der Waals surface area contributed by atoms with Crippen molar-refractivity contribution in [2.45, 2.75) is 26.2 Å². The third-order valence-corrected chi connectivity index (χ3v) is 5.34. The van der Waals surface area contributed by atoms with Crippen molar-refractivity contribution in [1.29, 1.82) is 0 Å². The molecule has 0 amide bonds. The van der Waals surface area contributed by atoms with Crippen molar-refractivity contribution in [3.8, 4) is 11.5 Å². The first kappa shape index (κ1) is 27.2. The van der Waals surface area contributed by atoms with E-state index in [1.807, 2.05) is 37.2 Å². The second-order valence-corrected chi connectivity index (χ2v) is 8.33. The molecule has 0 aliphatic carbocycles. The van der Waals surface area contributed by atoms with Crippen LogP contribution in [0, 0.1) is 21.7 Å². The van der Waals surface area contributed by atoms with Crippen LogP contribution in [0.2, 0.25) is 0 Å². The van der Waals surface area contributed by atoms with Gasteiger partial charge in [-0.05, 0) is 42.8 Å². The number of esters is 1. The Bertz CT molecular complexity index is 1270. The lowest BCUT2D eigenvalue weighted by Gasteiger charge is -2.19. The molecule has 9 nitrogen and oxygen atoms in total. The topological polar surface area (TPSA) is 106 Å². The predicted octanol–water partition coefficient (Wildman–Crippen LogP) is 6.17. The number of anilines is 3. The third kappa shape index (κ3) is 7.29. The Morgan fingerprint density at radius 1 is 1.00 bits per heavy atom. The van der Waals surface area contributed by atoms with E-state index in [1.54, 1.807) is 0 Å². The maximum Gasteiger partial charge on any atom is 0.346 e. The van der Waals surface area contributed by atoms with Gasteiger partial charge in [0.05, 0.1) is 28.5 Å². The number of halogens is 2. The minimum absolute atomic E-state index is 0.288. The fourth-order valence-electron chi connectivity index (χ4n) is 3.31. The molecule has 0 saturated carbocycles. The lowest BCUT2D eigenvalue weighted by molar-refractivity contribution is -0.387. The lowest BCUT2D eigenvalue weighted by atomic mass is 10.2. The van der Waals surface area contributed by atoms with E-state index in [9.17, 15) is 23.7 Å². The number of nitrogens with one attached hydrogen (secondary N) is 2. The van der Waals surface area contributed by atoms with Crippen LogP contribution < -0.4 is 25.2 Å². The number of nitrogens with zero attached hydrogens (tertiary/aromatic N) is 2. The Morgan fingerprint density at radius 3 is 2.43 bits per heavy atom. The summed E-state index contributed by atoms with van der Waals surface area (Å²) in [6.45, 7) is 2.67. The number of rotatable bonds is 12. The Balaban J connectivity index is 1.68. The molecule has 0 saturated heterocycles. The molecule has 0 bridgehead atoms. The number of nitro benzene ring substituents is 1. The van der Waals surface area contributed by atoms with Gasteiger partial charge in [-0.1, -0.05) is 19.8 Å². The average Bonchev–Trinajstić information content (AvgIpc) is 2.85. The number of unbranched alkanes of at least 4 members (excludes halogenated alkanes) is 2. The molecule has 0 aromatic heterocycles. The minimum Gasteiger partial charge on any atom is -0.491 e. The molecule has 3 rings (SSSR count). The van der Waals surface area contributed by atoms with E-state index in [0.717, 1.165) is 43.1 Å². The predicted molar refractivity (Wildman–Crippen MR) is 137 cm³/mol. The summed E-state index contributed by atoms with van der Waals surface area (Å²) < 4.78 is 39.4. The minimum atomic E-state index is -1.17.